The number of carbonyl (C=O) groups excluding carboxylic acids is 1. The molecule has 1 aromatic rings. The van der Waals surface area contributed by atoms with Crippen molar-refractivity contribution in [3.63, 3.8) is 0 Å². The number of amides is 1. The van der Waals surface area contributed by atoms with Crippen molar-refractivity contribution in [2.45, 2.75) is 40.2 Å². The molecule has 88 valence electrons. The molecule has 1 amide bonds. The lowest BCUT2D eigenvalue weighted by molar-refractivity contribution is -0.117. The van der Waals surface area contributed by atoms with Crippen molar-refractivity contribution in [1.29, 1.82) is 0 Å². The molecule has 0 radical (unpaired) electrons. The van der Waals surface area contributed by atoms with Crippen molar-refractivity contribution in [1.82, 2.24) is 0 Å². The van der Waals surface area contributed by atoms with Gasteiger partial charge in [-0.15, -0.1) is 0 Å². The van der Waals surface area contributed by atoms with E-state index in [2.05, 4.69) is 20.8 Å². The van der Waals surface area contributed by atoms with Crippen molar-refractivity contribution in [2.24, 2.45) is 5.92 Å². The average Bonchev–Trinajstić information content (AvgIpc) is 2.29. The minimum Gasteiger partial charge on any atom is -0.310 e. The fraction of sp³-hybridized carbons (Fsp3) is 0.500. The van der Waals surface area contributed by atoms with Crippen LogP contribution in [0.25, 0.3) is 0 Å². The third kappa shape index (κ3) is 2.84. The minimum atomic E-state index is 0.110. The summed E-state index contributed by atoms with van der Waals surface area (Å²) in [7, 11) is 0. The molecule has 0 aliphatic heterocycles. The summed E-state index contributed by atoms with van der Waals surface area (Å²) >= 11 is 0. The Bertz CT molecular complexity index is 334. The molecule has 0 saturated heterocycles. The molecule has 16 heavy (non-hydrogen) atoms. The van der Waals surface area contributed by atoms with Gasteiger partial charge in [0.15, 0.2) is 0 Å². The molecular weight excluding hydrogens is 198 g/mol. The van der Waals surface area contributed by atoms with Gasteiger partial charge in [-0.3, -0.25) is 4.79 Å². The van der Waals surface area contributed by atoms with E-state index in [0.29, 0.717) is 5.92 Å². The Hall–Kier alpha value is -1.31. The van der Waals surface area contributed by atoms with Crippen LogP contribution in [0.4, 0.5) is 5.69 Å². The van der Waals surface area contributed by atoms with Crippen LogP contribution in [-0.4, -0.2) is 11.9 Å². The van der Waals surface area contributed by atoms with Crippen LogP contribution < -0.4 is 4.90 Å². The highest BCUT2D eigenvalue weighted by Gasteiger charge is 2.22. The SMILES string of the molecule is CCC(C)[C@@H](C)N(C(C)=O)c1ccccc1. The third-order valence-corrected chi connectivity index (χ3v) is 3.25. The summed E-state index contributed by atoms with van der Waals surface area (Å²) in [6.07, 6.45) is 1.08. The van der Waals surface area contributed by atoms with Gasteiger partial charge in [0.1, 0.15) is 0 Å². The number of carbonyl (C=O) groups is 1. The van der Waals surface area contributed by atoms with E-state index in [1.807, 2.05) is 35.2 Å². The topological polar surface area (TPSA) is 20.3 Å². The number of hydrogen-bond acceptors (Lipinski definition) is 1. The fourth-order valence-corrected chi connectivity index (χ4v) is 1.89. The summed E-state index contributed by atoms with van der Waals surface area (Å²) < 4.78 is 0. The molecule has 0 N–H and O–H groups in total. The van der Waals surface area contributed by atoms with Crippen molar-refractivity contribution in [3.05, 3.63) is 30.3 Å². The summed E-state index contributed by atoms with van der Waals surface area (Å²) in [5.41, 5.74) is 0.989. The van der Waals surface area contributed by atoms with E-state index in [4.69, 9.17) is 0 Å². The minimum absolute atomic E-state index is 0.110. The average molecular weight is 219 g/mol. The molecule has 2 atom stereocenters. The van der Waals surface area contributed by atoms with Crippen LogP contribution in [-0.2, 0) is 4.79 Å². The number of hydrogen-bond donors (Lipinski definition) is 0. The molecule has 0 saturated carbocycles. The zero-order chi connectivity index (χ0) is 12.1. The van der Waals surface area contributed by atoms with Crippen LogP contribution in [0.5, 0.6) is 0 Å². The van der Waals surface area contributed by atoms with Gasteiger partial charge < -0.3 is 4.90 Å². The molecular formula is C14H21NO. The molecule has 0 heterocycles. The molecule has 2 nitrogen and oxygen atoms in total. The monoisotopic (exact) mass is 219 g/mol. The fourth-order valence-electron chi connectivity index (χ4n) is 1.89. The predicted molar refractivity (Wildman–Crippen MR) is 68.5 cm³/mol. The summed E-state index contributed by atoms with van der Waals surface area (Å²) in [4.78, 5) is 13.6. The zero-order valence-corrected chi connectivity index (χ0v) is 10.6. The normalized spacial score (nSPS) is 14.2. The molecule has 0 fully saturated rings. The van der Waals surface area contributed by atoms with E-state index in [1.165, 1.54) is 0 Å². The third-order valence-electron chi connectivity index (χ3n) is 3.25. The first-order chi connectivity index (χ1) is 7.57. The Labute approximate surface area is 98.3 Å². The Morgan fingerprint density at radius 3 is 2.25 bits per heavy atom. The van der Waals surface area contributed by atoms with Gasteiger partial charge in [-0.2, -0.15) is 0 Å². The maximum Gasteiger partial charge on any atom is 0.224 e. The Kier molecular flexibility index (Phi) is 4.53. The second kappa shape index (κ2) is 5.69. The van der Waals surface area contributed by atoms with Gasteiger partial charge >= 0.3 is 0 Å². The van der Waals surface area contributed by atoms with E-state index in [1.54, 1.807) is 6.92 Å². The van der Waals surface area contributed by atoms with E-state index in [-0.39, 0.29) is 11.9 Å². The number of anilines is 1. The lowest BCUT2D eigenvalue weighted by atomic mass is 9.98. The standard InChI is InChI=1S/C14H21NO/c1-5-11(2)12(3)15(13(4)16)14-9-7-6-8-10-14/h6-12H,5H2,1-4H3/t11?,12-/m1/s1. The van der Waals surface area contributed by atoms with E-state index >= 15 is 0 Å². The van der Waals surface area contributed by atoms with Gasteiger partial charge in [0.25, 0.3) is 0 Å². The highest BCUT2D eigenvalue weighted by Crippen LogP contribution is 2.22. The summed E-state index contributed by atoms with van der Waals surface area (Å²) in [6, 6.07) is 10.1. The molecule has 1 rings (SSSR count). The van der Waals surface area contributed by atoms with E-state index < -0.39 is 0 Å². The van der Waals surface area contributed by atoms with Gasteiger partial charge in [0, 0.05) is 18.7 Å². The van der Waals surface area contributed by atoms with Crippen LogP contribution in [0.15, 0.2) is 30.3 Å². The largest absolute Gasteiger partial charge is 0.310 e. The van der Waals surface area contributed by atoms with Crippen molar-refractivity contribution < 1.29 is 4.79 Å². The zero-order valence-electron chi connectivity index (χ0n) is 10.6. The van der Waals surface area contributed by atoms with Gasteiger partial charge in [-0.25, -0.2) is 0 Å². The summed E-state index contributed by atoms with van der Waals surface area (Å²) in [5.74, 6) is 0.614. The van der Waals surface area contributed by atoms with Crippen LogP contribution >= 0.6 is 0 Å². The van der Waals surface area contributed by atoms with Gasteiger partial charge in [-0.1, -0.05) is 38.5 Å². The highest BCUT2D eigenvalue weighted by molar-refractivity contribution is 5.92. The number of benzene rings is 1. The van der Waals surface area contributed by atoms with Crippen molar-refractivity contribution >= 4 is 11.6 Å². The van der Waals surface area contributed by atoms with E-state index in [9.17, 15) is 4.79 Å². The number of nitrogens with zero attached hydrogens (tertiary/aromatic N) is 1. The van der Waals surface area contributed by atoms with E-state index in [0.717, 1.165) is 12.1 Å². The maximum atomic E-state index is 11.7. The first-order valence-electron chi connectivity index (χ1n) is 5.92. The molecule has 1 aromatic carbocycles. The van der Waals surface area contributed by atoms with Gasteiger partial charge in [0.2, 0.25) is 5.91 Å². The molecule has 0 aromatic heterocycles. The molecule has 2 heteroatoms. The summed E-state index contributed by atoms with van der Waals surface area (Å²) in [6.45, 7) is 8.09. The number of rotatable bonds is 4. The smallest absolute Gasteiger partial charge is 0.224 e. The molecule has 0 aliphatic carbocycles. The van der Waals surface area contributed by atoms with Crippen molar-refractivity contribution in [3.8, 4) is 0 Å². The lowest BCUT2D eigenvalue weighted by Crippen LogP contribution is -2.40. The first kappa shape index (κ1) is 12.8. The predicted octanol–water partition coefficient (Wildman–Crippen LogP) is 3.47. The number of para-hydroxylation sites is 1. The first-order valence-corrected chi connectivity index (χ1v) is 5.92. The Balaban J connectivity index is 2.96. The quantitative estimate of drug-likeness (QED) is 0.759. The molecule has 1 unspecified atom stereocenters. The lowest BCUT2D eigenvalue weighted by Gasteiger charge is -2.32. The summed E-state index contributed by atoms with van der Waals surface area (Å²) in [5, 5.41) is 0. The second-order valence-electron chi connectivity index (χ2n) is 4.35. The Morgan fingerprint density at radius 1 is 1.25 bits per heavy atom. The van der Waals surface area contributed by atoms with Crippen LogP contribution in [0, 0.1) is 5.92 Å². The van der Waals surface area contributed by atoms with Crippen LogP contribution in [0.2, 0.25) is 0 Å². The van der Waals surface area contributed by atoms with Gasteiger partial charge in [0.05, 0.1) is 0 Å². The van der Waals surface area contributed by atoms with Crippen LogP contribution in [0.1, 0.15) is 34.1 Å². The van der Waals surface area contributed by atoms with Gasteiger partial charge in [-0.05, 0) is 25.0 Å². The second-order valence-corrected chi connectivity index (χ2v) is 4.35. The Morgan fingerprint density at radius 2 is 1.81 bits per heavy atom. The molecule has 0 spiro atoms. The maximum absolute atomic E-state index is 11.7. The molecule has 0 bridgehead atoms. The molecule has 0 aliphatic rings. The van der Waals surface area contributed by atoms with Crippen molar-refractivity contribution in [2.75, 3.05) is 4.90 Å². The highest BCUT2D eigenvalue weighted by atomic mass is 16.2. The van der Waals surface area contributed by atoms with Crippen LogP contribution in [0.3, 0.4) is 0 Å².